The van der Waals surface area contributed by atoms with Gasteiger partial charge < -0.3 is 15.4 Å². The Morgan fingerprint density at radius 3 is 2.78 bits per heavy atom. The van der Waals surface area contributed by atoms with E-state index in [1.807, 2.05) is 30.3 Å². The van der Waals surface area contributed by atoms with Gasteiger partial charge >= 0.3 is 0 Å². The normalized spacial score (nSPS) is 10.2. The van der Waals surface area contributed by atoms with Crippen molar-refractivity contribution in [3.05, 3.63) is 52.0 Å². The van der Waals surface area contributed by atoms with Gasteiger partial charge in [0.05, 0.1) is 18.2 Å². The van der Waals surface area contributed by atoms with Crippen molar-refractivity contribution in [3.63, 3.8) is 0 Å². The third-order valence-electron chi connectivity index (χ3n) is 3.16. The summed E-state index contributed by atoms with van der Waals surface area (Å²) in [5.74, 6) is -0.0807. The first-order chi connectivity index (χ1) is 10.7. The van der Waals surface area contributed by atoms with Crippen LogP contribution < -0.4 is 5.73 Å². The number of carbonyl (C=O) groups is 1. The van der Waals surface area contributed by atoms with Crippen molar-refractivity contribution in [2.24, 2.45) is 5.73 Å². The molecule has 1 aromatic heterocycles. The molecule has 0 saturated carbocycles. The van der Waals surface area contributed by atoms with E-state index in [9.17, 15) is 4.79 Å². The first-order valence-electron chi connectivity index (χ1n) is 7.22. The van der Waals surface area contributed by atoms with Gasteiger partial charge in [-0.3, -0.25) is 4.79 Å². The highest BCUT2D eigenvalue weighted by atomic mass is 35.5. The van der Waals surface area contributed by atoms with Crippen LogP contribution in [0.1, 0.15) is 21.1 Å². The Morgan fingerprint density at radius 1 is 1.35 bits per heavy atom. The SMILES string of the molecule is CN(CCOCc1ccccc1)C(=O)c1csc(CCN)n1.Cl. The number of likely N-dealkylation sites (N-methyl/N-ethyl adjacent to an activating group) is 1. The molecule has 0 unspecified atom stereocenters. The fraction of sp³-hybridized carbons (Fsp3) is 0.375. The average molecular weight is 356 g/mol. The molecule has 0 radical (unpaired) electrons. The highest BCUT2D eigenvalue weighted by molar-refractivity contribution is 7.09. The van der Waals surface area contributed by atoms with E-state index in [-0.39, 0.29) is 18.3 Å². The molecule has 2 aromatic rings. The van der Waals surface area contributed by atoms with Crippen molar-refractivity contribution in [1.29, 1.82) is 0 Å². The molecule has 7 heteroatoms. The van der Waals surface area contributed by atoms with Crippen molar-refractivity contribution >= 4 is 29.7 Å². The highest BCUT2D eigenvalue weighted by Gasteiger charge is 2.15. The summed E-state index contributed by atoms with van der Waals surface area (Å²) >= 11 is 1.48. The van der Waals surface area contributed by atoms with Gasteiger partial charge in [0.15, 0.2) is 0 Å². The lowest BCUT2D eigenvalue weighted by Gasteiger charge is -2.15. The van der Waals surface area contributed by atoms with Crippen LogP contribution in [0.2, 0.25) is 0 Å². The smallest absolute Gasteiger partial charge is 0.273 e. The van der Waals surface area contributed by atoms with E-state index < -0.39 is 0 Å². The van der Waals surface area contributed by atoms with Crippen LogP contribution in [0.25, 0.3) is 0 Å². The Balaban J connectivity index is 0.00000264. The monoisotopic (exact) mass is 355 g/mol. The Bertz CT molecular complexity index is 592. The first kappa shape index (κ1) is 19.6. The number of amides is 1. The number of carbonyl (C=O) groups excluding carboxylic acids is 1. The van der Waals surface area contributed by atoms with Crippen molar-refractivity contribution in [3.8, 4) is 0 Å². The molecular formula is C16H22ClN3O2S. The number of benzene rings is 1. The fourth-order valence-corrected chi connectivity index (χ4v) is 2.70. The molecule has 0 atom stereocenters. The summed E-state index contributed by atoms with van der Waals surface area (Å²) in [7, 11) is 1.76. The molecule has 126 valence electrons. The molecular weight excluding hydrogens is 334 g/mol. The summed E-state index contributed by atoms with van der Waals surface area (Å²) < 4.78 is 5.59. The molecule has 2 rings (SSSR count). The minimum Gasteiger partial charge on any atom is -0.375 e. The van der Waals surface area contributed by atoms with Gasteiger partial charge in [-0.2, -0.15) is 0 Å². The highest BCUT2D eigenvalue weighted by Crippen LogP contribution is 2.11. The molecule has 0 aliphatic heterocycles. The number of aromatic nitrogens is 1. The summed E-state index contributed by atoms with van der Waals surface area (Å²) in [6.45, 7) is 2.14. The third kappa shape index (κ3) is 6.27. The lowest BCUT2D eigenvalue weighted by Crippen LogP contribution is -2.30. The van der Waals surface area contributed by atoms with Gasteiger partial charge in [0.2, 0.25) is 0 Å². The molecule has 0 aliphatic carbocycles. The number of rotatable bonds is 8. The molecule has 0 spiro atoms. The second-order valence-electron chi connectivity index (χ2n) is 4.93. The predicted octanol–water partition coefficient (Wildman–Crippen LogP) is 2.35. The zero-order chi connectivity index (χ0) is 15.8. The molecule has 1 amide bonds. The zero-order valence-corrected chi connectivity index (χ0v) is 14.7. The molecule has 1 aromatic carbocycles. The van der Waals surface area contributed by atoms with Crippen LogP contribution in [0.15, 0.2) is 35.7 Å². The second-order valence-corrected chi connectivity index (χ2v) is 5.87. The maximum atomic E-state index is 12.2. The average Bonchev–Trinajstić information content (AvgIpc) is 3.00. The van der Waals surface area contributed by atoms with Gasteiger partial charge in [-0.25, -0.2) is 4.98 Å². The largest absolute Gasteiger partial charge is 0.375 e. The number of halogens is 1. The lowest BCUT2D eigenvalue weighted by molar-refractivity contribution is 0.0666. The number of nitrogens with two attached hydrogens (primary N) is 1. The summed E-state index contributed by atoms with van der Waals surface area (Å²) in [5, 5.41) is 2.69. The molecule has 0 saturated heterocycles. The van der Waals surface area contributed by atoms with Gasteiger partial charge in [-0.1, -0.05) is 30.3 Å². The Morgan fingerprint density at radius 2 is 2.09 bits per heavy atom. The van der Waals surface area contributed by atoms with Gasteiger partial charge in [0.25, 0.3) is 5.91 Å². The van der Waals surface area contributed by atoms with Crippen LogP contribution in [0.3, 0.4) is 0 Å². The Kier molecular flexibility index (Phi) is 8.79. The number of ether oxygens (including phenoxy) is 1. The topological polar surface area (TPSA) is 68.5 Å². The van der Waals surface area contributed by atoms with Crippen molar-refractivity contribution in [2.45, 2.75) is 13.0 Å². The number of thiazole rings is 1. The molecule has 2 N–H and O–H groups in total. The van der Waals surface area contributed by atoms with Crippen LogP contribution in [0.4, 0.5) is 0 Å². The Labute approximate surface area is 146 Å². The van der Waals surface area contributed by atoms with E-state index in [2.05, 4.69) is 4.98 Å². The van der Waals surface area contributed by atoms with Gasteiger partial charge in [-0.05, 0) is 12.1 Å². The zero-order valence-electron chi connectivity index (χ0n) is 13.1. The maximum Gasteiger partial charge on any atom is 0.273 e. The number of hydrogen-bond donors (Lipinski definition) is 1. The second kappa shape index (κ2) is 10.3. The summed E-state index contributed by atoms with van der Waals surface area (Å²) in [6, 6.07) is 9.97. The van der Waals surface area contributed by atoms with Crippen LogP contribution in [0, 0.1) is 0 Å². The molecule has 0 fully saturated rings. The third-order valence-corrected chi connectivity index (χ3v) is 4.07. The molecule has 0 aliphatic rings. The van der Waals surface area contributed by atoms with E-state index in [0.29, 0.717) is 38.4 Å². The van der Waals surface area contributed by atoms with Crippen LogP contribution in [-0.4, -0.2) is 42.5 Å². The van der Waals surface area contributed by atoms with E-state index in [1.165, 1.54) is 11.3 Å². The lowest BCUT2D eigenvalue weighted by atomic mass is 10.2. The van der Waals surface area contributed by atoms with E-state index >= 15 is 0 Å². The van der Waals surface area contributed by atoms with Crippen molar-refractivity contribution in [2.75, 3.05) is 26.7 Å². The molecule has 0 bridgehead atoms. The fourth-order valence-electron chi connectivity index (χ4n) is 1.91. The van der Waals surface area contributed by atoms with Gasteiger partial charge in [0, 0.05) is 25.4 Å². The Hall–Kier alpha value is -1.47. The van der Waals surface area contributed by atoms with Gasteiger partial charge in [-0.15, -0.1) is 23.7 Å². The van der Waals surface area contributed by atoms with E-state index in [4.69, 9.17) is 10.5 Å². The van der Waals surface area contributed by atoms with Crippen LogP contribution in [-0.2, 0) is 17.8 Å². The number of hydrogen-bond acceptors (Lipinski definition) is 5. The standard InChI is InChI=1S/C16H21N3O2S.ClH/c1-19(9-10-21-11-13-5-3-2-4-6-13)16(20)14-12-22-15(18-14)7-8-17;/h2-6,12H,7-11,17H2,1H3;1H. The number of nitrogens with zero attached hydrogens (tertiary/aromatic N) is 2. The molecule has 1 heterocycles. The summed E-state index contributed by atoms with van der Waals surface area (Å²) in [4.78, 5) is 18.1. The van der Waals surface area contributed by atoms with E-state index in [1.54, 1.807) is 17.3 Å². The molecule has 23 heavy (non-hydrogen) atoms. The van der Waals surface area contributed by atoms with E-state index in [0.717, 1.165) is 10.6 Å². The van der Waals surface area contributed by atoms with Crippen molar-refractivity contribution < 1.29 is 9.53 Å². The van der Waals surface area contributed by atoms with Crippen LogP contribution >= 0.6 is 23.7 Å². The van der Waals surface area contributed by atoms with Gasteiger partial charge in [0.1, 0.15) is 5.69 Å². The summed E-state index contributed by atoms with van der Waals surface area (Å²) in [6.07, 6.45) is 0.710. The summed E-state index contributed by atoms with van der Waals surface area (Å²) in [5.41, 5.74) is 7.10. The minimum absolute atomic E-state index is 0. The van der Waals surface area contributed by atoms with Crippen LogP contribution in [0.5, 0.6) is 0 Å². The first-order valence-corrected chi connectivity index (χ1v) is 8.10. The predicted molar refractivity (Wildman–Crippen MR) is 95.2 cm³/mol. The molecule has 5 nitrogen and oxygen atoms in total. The maximum absolute atomic E-state index is 12.2. The van der Waals surface area contributed by atoms with Crippen molar-refractivity contribution in [1.82, 2.24) is 9.88 Å². The minimum atomic E-state index is -0.0807. The quantitative estimate of drug-likeness (QED) is 0.738.